The Balaban J connectivity index is 1.81. The molecule has 4 nitrogen and oxygen atoms in total. The number of aromatic amines is 1. The molecule has 23 heavy (non-hydrogen) atoms. The highest BCUT2D eigenvalue weighted by Gasteiger charge is 2.19. The molecule has 1 amide bonds. The number of thioether (sulfide) groups is 1. The number of benzene rings is 1. The summed E-state index contributed by atoms with van der Waals surface area (Å²) in [5.41, 5.74) is 2.59. The molecule has 0 fully saturated rings. The van der Waals surface area contributed by atoms with Gasteiger partial charge in [0.15, 0.2) is 5.78 Å². The third-order valence-corrected chi connectivity index (χ3v) is 4.73. The molecule has 0 saturated carbocycles. The Morgan fingerprint density at radius 2 is 1.87 bits per heavy atom. The molecule has 1 aromatic heterocycles. The maximum Gasteiger partial charge on any atom is 0.268 e. The predicted molar refractivity (Wildman–Crippen MR) is 94.4 cm³/mol. The van der Waals surface area contributed by atoms with E-state index in [-0.39, 0.29) is 11.7 Å². The van der Waals surface area contributed by atoms with Crippen molar-refractivity contribution in [1.29, 1.82) is 0 Å². The molecule has 2 N–H and O–H groups in total. The molecule has 122 valence electrons. The summed E-state index contributed by atoms with van der Waals surface area (Å²) >= 11 is 1.78. The van der Waals surface area contributed by atoms with Gasteiger partial charge in [-0.1, -0.05) is 18.2 Å². The highest BCUT2D eigenvalue weighted by atomic mass is 32.2. The number of carbonyl (C=O) groups excluding carboxylic acids is 2. The monoisotopic (exact) mass is 330 g/mol. The first-order valence-electron chi connectivity index (χ1n) is 7.67. The van der Waals surface area contributed by atoms with Crippen LogP contribution in [0.3, 0.4) is 0 Å². The first-order valence-corrected chi connectivity index (χ1v) is 8.65. The summed E-state index contributed by atoms with van der Waals surface area (Å²) in [7, 11) is 0. The Hall–Kier alpha value is -2.01. The maximum absolute atomic E-state index is 12.2. The molecular formula is C18H22N2O2S. The molecule has 2 aromatic rings. The molecule has 1 aromatic carbocycles. The zero-order chi connectivity index (χ0) is 16.8. The van der Waals surface area contributed by atoms with Gasteiger partial charge in [0.25, 0.3) is 5.91 Å². The summed E-state index contributed by atoms with van der Waals surface area (Å²) in [6.45, 7) is 5.76. The Morgan fingerprint density at radius 1 is 1.17 bits per heavy atom. The minimum Gasteiger partial charge on any atom is -0.354 e. The van der Waals surface area contributed by atoms with E-state index < -0.39 is 0 Å². The number of H-pyrrole nitrogens is 1. The topological polar surface area (TPSA) is 62.0 Å². The third-order valence-electron chi connectivity index (χ3n) is 3.64. The zero-order valence-electron chi connectivity index (χ0n) is 13.7. The van der Waals surface area contributed by atoms with Crippen LogP contribution in [0.1, 0.15) is 45.4 Å². The Labute approximate surface area is 141 Å². The second kappa shape index (κ2) is 8.02. The van der Waals surface area contributed by atoms with Crippen LogP contribution in [-0.4, -0.2) is 29.0 Å². The molecule has 0 unspecified atom stereocenters. The number of rotatable bonds is 7. The molecule has 0 aliphatic rings. The van der Waals surface area contributed by atoms with Crippen LogP contribution in [0, 0.1) is 13.8 Å². The van der Waals surface area contributed by atoms with E-state index in [4.69, 9.17) is 0 Å². The number of aryl methyl sites for hydroxylation is 1. The zero-order valence-corrected chi connectivity index (χ0v) is 14.5. The highest BCUT2D eigenvalue weighted by Crippen LogP contribution is 2.19. The van der Waals surface area contributed by atoms with Gasteiger partial charge in [0.1, 0.15) is 5.69 Å². The van der Waals surface area contributed by atoms with Gasteiger partial charge in [-0.05, 0) is 50.6 Å². The molecule has 2 rings (SSSR count). The number of amides is 1. The molecule has 0 atom stereocenters. The summed E-state index contributed by atoms with van der Waals surface area (Å²) in [5.74, 6) is 0.781. The van der Waals surface area contributed by atoms with E-state index in [0.29, 0.717) is 17.8 Å². The van der Waals surface area contributed by atoms with Gasteiger partial charge in [0.2, 0.25) is 0 Å². The van der Waals surface area contributed by atoms with Gasteiger partial charge in [-0.25, -0.2) is 0 Å². The number of Topliss-reactive ketones (excluding diaryl/α,β-unsaturated/α-hetero) is 1. The molecular weight excluding hydrogens is 308 g/mol. The number of aromatic nitrogens is 1. The first-order chi connectivity index (χ1) is 11.0. The predicted octanol–water partition coefficient (Wildman–Crippen LogP) is 3.75. The Bertz CT molecular complexity index is 693. The number of hydrogen-bond acceptors (Lipinski definition) is 3. The number of carbonyl (C=O) groups is 2. The van der Waals surface area contributed by atoms with Crippen LogP contribution in [-0.2, 0) is 0 Å². The average Bonchev–Trinajstić information content (AvgIpc) is 2.82. The third kappa shape index (κ3) is 4.48. The lowest BCUT2D eigenvalue weighted by atomic mass is 10.1. The first kappa shape index (κ1) is 17.3. The van der Waals surface area contributed by atoms with Gasteiger partial charge in [-0.3, -0.25) is 9.59 Å². The van der Waals surface area contributed by atoms with Crippen LogP contribution in [0.25, 0.3) is 0 Å². The molecule has 0 bridgehead atoms. The van der Waals surface area contributed by atoms with Crippen molar-refractivity contribution in [3.8, 4) is 0 Å². The fourth-order valence-electron chi connectivity index (χ4n) is 2.57. The lowest BCUT2D eigenvalue weighted by Crippen LogP contribution is -2.25. The van der Waals surface area contributed by atoms with E-state index in [2.05, 4.69) is 22.4 Å². The number of nitrogens with one attached hydrogen (secondary N) is 2. The smallest absolute Gasteiger partial charge is 0.268 e. The quantitative estimate of drug-likeness (QED) is 0.462. The summed E-state index contributed by atoms with van der Waals surface area (Å²) < 4.78 is 0. The minimum atomic E-state index is -0.150. The molecule has 0 spiro atoms. The summed E-state index contributed by atoms with van der Waals surface area (Å²) in [4.78, 5) is 28.1. The molecule has 0 aliphatic carbocycles. The minimum absolute atomic E-state index is 0.0189. The van der Waals surface area contributed by atoms with E-state index >= 15 is 0 Å². The second-order valence-corrected chi connectivity index (χ2v) is 6.62. The number of ketones is 1. The lowest BCUT2D eigenvalue weighted by molar-refractivity contribution is 0.0948. The van der Waals surface area contributed by atoms with E-state index in [9.17, 15) is 9.59 Å². The lowest BCUT2D eigenvalue weighted by Gasteiger charge is -2.05. The van der Waals surface area contributed by atoms with Crippen molar-refractivity contribution >= 4 is 23.5 Å². The average molecular weight is 330 g/mol. The van der Waals surface area contributed by atoms with Crippen LogP contribution in [0.5, 0.6) is 0 Å². The van der Waals surface area contributed by atoms with Gasteiger partial charge in [0, 0.05) is 22.7 Å². The fraction of sp³-hybridized carbons (Fsp3) is 0.333. The Kier molecular flexibility index (Phi) is 6.04. The molecule has 0 radical (unpaired) electrons. The normalized spacial score (nSPS) is 10.6. The van der Waals surface area contributed by atoms with Crippen molar-refractivity contribution in [2.75, 3.05) is 12.3 Å². The van der Waals surface area contributed by atoms with Gasteiger partial charge >= 0.3 is 0 Å². The van der Waals surface area contributed by atoms with Gasteiger partial charge < -0.3 is 10.3 Å². The fourth-order valence-corrected chi connectivity index (χ4v) is 3.45. The van der Waals surface area contributed by atoms with Gasteiger partial charge in [-0.2, -0.15) is 0 Å². The van der Waals surface area contributed by atoms with Crippen molar-refractivity contribution in [2.24, 2.45) is 0 Å². The van der Waals surface area contributed by atoms with Crippen LogP contribution in [0.4, 0.5) is 0 Å². The van der Waals surface area contributed by atoms with Gasteiger partial charge in [-0.15, -0.1) is 11.8 Å². The van der Waals surface area contributed by atoms with Crippen molar-refractivity contribution in [2.45, 2.75) is 32.1 Å². The van der Waals surface area contributed by atoms with Gasteiger partial charge in [0.05, 0.1) is 0 Å². The van der Waals surface area contributed by atoms with Crippen molar-refractivity contribution < 1.29 is 9.59 Å². The standard InChI is InChI=1S/C18H22N2O2S/c1-12-16(14(3)21)13(2)20-17(12)18(22)19-10-7-11-23-15-8-5-4-6-9-15/h4-6,8-9,20H,7,10-11H2,1-3H3,(H,19,22). The SMILES string of the molecule is CC(=O)c1c(C)[nH]c(C(=O)NCCCSc2ccccc2)c1C. The van der Waals surface area contributed by atoms with Crippen molar-refractivity contribution in [3.63, 3.8) is 0 Å². The van der Waals surface area contributed by atoms with Crippen molar-refractivity contribution in [3.05, 3.63) is 52.8 Å². The van der Waals surface area contributed by atoms with Crippen LogP contribution in [0.2, 0.25) is 0 Å². The Morgan fingerprint density at radius 3 is 2.48 bits per heavy atom. The van der Waals surface area contributed by atoms with E-state index in [1.807, 2.05) is 25.1 Å². The van der Waals surface area contributed by atoms with E-state index in [0.717, 1.165) is 23.4 Å². The summed E-state index contributed by atoms with van der Waals surface area (Å²) in [5, 5.41) is 2.91. The van der Waals surface area contributed by atoms with E-state index in [1.54, 1.807) is 18.7 Å². The number of hydrogen-bond donors (Lipinski definition) is 2. The van der Waals surface area contributed by atoms with Crippen LogP contribution in [0.15, 0.2) is 35.2 Å². The largest absolute Gasteiger partial charge is 0.354 e. The molecule has 0 saturated heterocycles. The maximum atomic E-state index is 12.2. The molecule has 5 heteroatoms. The van der Waals surface area contributed by atoms with Crippen molar-refractivity contribution in [1.82, 2.24) is 10.3 Å². The summed E-state index contributed by atoms with van der Waals surface area (Å²) in [6, 6.07) is 10.2. The van der Waals surface area contributed by atoms with Crippen LogP contribution >= 0.6 is 11.8 Å². The van der Waals surface area contributed by atoms with E-state index in [1.165, 1.54) is 11.8 Å². The van der Waals surface area contributed by atoms with Crippen LogP contribution < -0.4 is 5.32 Å². The molecule has 0 aliphatic heterocycles. The summed E-state index contributed by atoms with van der Waals surface area (Å²) in [6.07, 6.45) is 0.892. The second-order valence-electron chi connectivity index (χ2n) is 5.45. The molecule has 1 heterocycles. The highest BCUT2D eigenvalue weighted by molar-refractivity contribution is 7.99.